The Hall–Kier alpha value is -1.39. The van der Waals surface area contributed by atoms with Gasteiger partial charge >= 0.3 is 5.97 Å². The van der Waals surface area contributed by atoms with Crippen LogP contribution in [0.5, 0.6) is 0 Å². The normalized spacial score (nSPS) is 23.5. The van der Waals surface area contributed by atoms with Crippen molar-refractivity contribution in [1.29, 1.82) is 0 Å². The van der Waals surface area contributed by atoms with E-state index in [4.69, 9.17) is 5.11 Å². The second kappa shape index (κ2) is 10.7. The Morgan fingerprint density at radius 1 is 1.19 bits per heavy atom. The number of aromatic nitrogens is 3. The molecule has 1 aliphatic rings. The predicted molar refractivity (Wildman–Crippen MR) is 104 cm³/mol. The van der Waals surface area contributed by atoms with Crippen LogP contribution in [0.4, 0.5) is 0 Å². The fraction of sp³-hybridized carbons (Fsp3) is 0.857. The molecular weight excluding hydrogens is 326 g/mol. The molecule has 0 spiro atoms. The number of aliphatic carboxylic acids is 1. The minimum Gasteiger partial charge on any atom is -0.481 e. The van der Waals surface area contributed by atoms with Crippen LogP contribution in [0.3, 0.4) is 0 Å². The molecule has 1 fully saturated rings. The van der Waals surface area contributed by atoms with E-state index in [9.17, 15) is 4.79 Å². The van der Waals surface area contributed by atoms with Crippen LogP contribution < -0.4 is 0 Å². The number of aryl methyl sites for hydroxylation is 1. The first-order valence-electron chi connectivity index (χ1n) is 10.6. The number of hydrogen-bond donors (Lipinski definition) is 1. The Bertz CT molecular complexity index is 541. The van der Waals surface area contributed by atoms with Crippen LogP contribution in [0.15, 0.2) is 6.20 Å². The average molecular weight is 364 g/mol. The van der Waals surface area contributed by atoms with Crippen LogP contribution in [-0.4, -0.2) is 26.1 Å². The lowest BCUT2D eigenvalue weighted by molar-refractivity contribution is -0.137. The van der Waals surface area contributed by atoms with Gasteiger partial charge in [-0.1, -0.05) is 58.1 Å². The minimum absolute atomic E-state index is 0.306. The van der Waals surface area contributed by atoms with Crippen molar-refractivity contribution in [2.45, 2.75) is 97.4 Å². The summed E-state index contributed by atoms with van der Waals surface area (Å²) in [5.41, 5.74) is 1.12. The van der Waals surface area contributed by atoms with E-state index in [-0.39, 0.29) is 0 Å². The smallest absolute Gasteiger partial charge is 0.303 e. The molecular formula is C21H37N3O2. The zero-order chi connectivity index (χ0) is 18.9. The van der Waals surface area contributed by atoms with Gasteiger partial charge in [0.2, 0.25) is 0 Å². The Morgan fingerprint density at radius 3 is 2.58 bits per heavy atom. The van der Waals surface area contributed by atoms with Crippen molar-refractivity contribution in [3.63, 3.8) is 0 Å². The van der Waals surface area contributed by atoms with Crippen LogP contribution in [0, 0.1) is 17.8 Å². The molecule has 1 aliphatic carbocycles. The maximum atomic E-state index is 10.5. The number of carboxylic acid groups (broad SMARTS) is 1. The lowest BCUT2D eigenvalue weighted by Gasteiger charge is -2.37. The van der Waals surface area contributed by atoms with Gasteiger partial charge in [0.15, 0.2) is 0 Å². The van der Waals surface area contributed by atoms with Gasteiger partial charge in [0.05, 0.1) is 11.7 Å². The zero-order valence-electron chi connectivity index (χ0n) is 16.9. The van der Waals surface area contributed by atoms with Crippen molar-refractivity contribution in [3.05, 3.63) is 11.9 Å². The molecule has 0 unspecified atom stereocenters. The maximum absolute atomic E-state index is 10.5. The molecule has 1 saturated carbocycles. The molecule has 5 heteroatoms. The summed E-state index contributed by atoms with van der Waals surface area (Å²) in [6.07, 6.45) is 13.9. The third kappa shape index (κ3) is 6.73. The lowest BCUT2D eigenvalue weighted by Crippen LogP contribution is -2.30. The van der Waals surface area contributed by atoms with Crippen molar-refractivity contribution in [2.24, 2.45) is 17.8 Å². The number of unbranched alkanes of at least 4 members (excludes halogenated alkanes) is 5. The molecule has 0 saturated heterocycles. The summed E-state index contributed by atoms with van der Waals surface area (Å²) < 4.78 is 2.15. The Kier molecular flexibility index (Phi) is 8.60. The van der Waals surface area contributed by atoms with Crippen LogP contribution >= 0.6 is 0 Å². The van der Waals surface area contributed by atoms with Gasteiger partial charge in [0, 0.05) is 12.6 Å². The monoisotopic (exact) mass is 363 g/mol. The number of rotatable bonds is 11. The highest BCUT2D eigenvalue weighted by Crippen LogP contribution is 2.40. The summed E-state index contributed by atoms with van der Waals surface area (Å²) >= 11 is 0. The van der Waals surface area contributed by atoms with Gasteiger partial charge in [-0.2, -0.15) is 0 Å². The molecule has 3 atom stereocenters. The summed E-state index contributed by atoms with van der Waals surface area (Å²) in [7, 11) is 0. The van der Waals surface area contributed by atoms with Gasteiger partial charge in [-0.3, -0.25) is 4.79 Å². The summed E-state index contributed by atoms with van der Waals surface area (Å²) in [4.78, 5) is 10.5. The average Bonchev–Trinajstić information content (AvgIpc) is 3.05. The van der Waals surface area contributed by atoms with E-state index in [1.54, 1.807) is 0 Å². The molecule has 1 aromatic rings. The van der Waals surface area contributed by atoms with Crippen molar-refractivity contribution >= 4 is 5.97 Å². The molecule has 0 bridgehead atoms. The fourth-order valence-electron chi connectivity index (χ4n) is 4.34. The third-order valence-corrected chi connectivity index (χ3v) is 5.96. The minimum atomic E-state index is -0.680. The van der Waals surface area contributed by atoms with Crippen LogP contribution in [0.2, 0.25) is 0 Å². The van der Waals surface area contributed by atoms with Crippen molar-refractivity contribution in [1.82, 2.24) is 15.0 Å². The first-order valence-corrected chi connectivity index (χ1v) is 10.6. The molecule has 0 aliphatic heterocycles. The summed E-state index contributed by atoms with van der Waals surface area (Å²) in [5, 5.41) is 17.5. The molecule has 5 nitrogen and oxygen atoms in total. The van der Waals surface area contributed by atoms with E-state index in [1.807, 2.05) is 0 Å². The van der Waals surface area contributed by atoms with Gasteiger partial charge in [0.25, 0.3) is 0 Å². The lowest BCUT2D eigenvalue weighted by atomic mass is 9.74. The number of carboxylic acids is 1. The van der Waals surface area contributed by atoms with E-state index < -0.39 is 5.97 Å². The molecule has 1 aromatic heterocycles. The fourth-order valence-corrected chi connectivity index (χ4v) is 4.34. The largest absolute Gasteiger partial charge is 0.481 e. The van der Waals surface area contributed by atoms with Crippen molar-refractivity contribution in [2.75, 3.05) is 0 Å². The summed E-state index contributed by atoms with van der Waals surface area (Å²) in [6, 6.07) is 0.509. The van der Waals surface area contributed by atoms with Crippen LogP contribution in [0.25, 0.3) is 0 Å². The molecule has 26 heavy (non-hydrogen) atoms. The first kappa shape index (κ1) is 20.9. The van der Waals surface area contributed by atoms with E-state index in [1.165, 1.54) is 32.1 Å². The van der Waals surface area contributed by atoms with Crippen molar-refractivity contribution in [3.8, 4) is 0 Å². The maximum Gasteiger partial charge on any atom is 0.303 e. The summed E-state index contributed by atoms with van der Waals surface area (Å²) in [6.45, 7) is 7.03. The molecule has 1 heterocycles. The molecule has 148 valence electrons. The standard InChI is InChI=1S/C21H37N3O2/c1-16(2)19-13-12-17(3)14-20(19)24-15-18(22-23-24)10-8-6-4-5-7-9-11-21(25)26/h15-17,19-20H,4-14H2,1-3H3,(H,25,26)/t17-,19+,20-/m1/s1. The Morgan fingerprint density at radius 2 is 1.88 bits per heavy atom. The van der Waals surface area contributed by atoms with Crippen LogP contribution in [-0.2, 0) is 11.2 Å². The van der Waals surface area contributed by atoms with E-state index >= 15 is 0 Å². The van der Waals surface area contributed by atoms with Gasteiger partial charge in [-0.05, 0) is 49.9 Å². The van der Waals surface area contributed by atoms with Gasteiger partial charge in [-0.25, -0.2) is 4.68 Å². The van der Waals surface area contributed by atoms with Gasteiger partial charge in [-0.15, -0.1) is 5.10 Å². The quantitative estimate of drug-likeness (QED) is 0.544. The molecule has 1 N–H and O–H groups in total. The molecule has 0 radical (unpaired) electrons. The van der Waals surface area contributed by atoms with Gasteiger partial charge in [0.1, 0.15) is 0 Å². The topological polar surface area (TPSA) is 68.0 Å². The highest BCUT2D eigenvalue weighted by atomic mass is 16.4. The second-order valence-corrected chi connectivity index (χ2v) is 8.60. The molecule has 2 rings (SSSR count). The van der Waals surface area contributed by atoms with E-state index in [0.717, 1.165) is 43.7 Å². The molecule has 0 amide bonds. The van der Waals surface area contributed by atoms with E-state index in [2.05, 4.69) is 42.0 Å². The second-order valence-electron chi connectivity index (χ2n) is 8.60. The number of carbonyl (C=O) groups is 1. The van der Waals surface area contributed by atoms with Gasteiger partial charge < -0.3 is 5.11 Å². The number of nitrogens with zero attached hydrogens (tertiary/aromatic N) is 3. The highest BCUT2D eigenvalue weighted by molar-refractivity contribution is 5.66. The predicted octanol–water partition coefficient (Wildman–Crippen LogP) is 5.27. The summed E-state index contributed by atoms with van der Waals surface area (Å²) in [5.74, 6) is 1.51. The molecule has 0 aromatic carbocycles. The first-order chi connectivity index (χ1) is 12.5. The third-order valence-electron chi connectivity index (χ3n) is 5.96. The number of hydrogen-bond acceptors (Lipinski definition) is 3. The highest BCUT2D eigenvalue weighted by Gasteiger charge is 2.32. The Balaban J connectivity index is 1.71. The Labute approximate surface area is 158 Å². The SMILES string of the molecule is CC(C)[C@@H]1CC[C@@H](C)C[C@H]1n1cc(CCCCCCCCC(=O)O)nn1. The van der Waals surface area contributed by atoms with Crippen LogP contribution in [0.1, 0.15) is 96.7 Å². The zero-order valence-corrected chi connectivity index (χ0v) is 16.9. The van der Waals surface area contributed by atoms with Crippen molar-refractivity contribution < 1.29 is 9.90 Å². The van der Waals surface area contributed by atoms with E-state index in [0.29, 0.717) is 24.3 Å².